The number of anilines is 2. The predicted octanol–water partition coefficient (Wildman–Crippen LogP) is 17.3. The topological polar surface area (TPSA) is 21.3 Å². The van der Waals surface area contributed by atoms with Crippen LogP contribution in [0, 0.1) is 0 Å². The molecule has 0 aliphatic heterocycles. The molecule has 4 heteroatoms. The Morgan fingerprint density at radius 2 is 1.05 bits per heavy atom. The van der Waals surface area contributed by atoms with Crippen molar-refractivity contribution < 1.29 is 4.42 Å². The fraction of sp³-hybridized carbons (Fsp3) is 0.0333. The summed E-state index contributed by atoms with van der Waals surface area (Å²) >= 11 is 1.90. The molecule has 0 atom stereocenters. The van der Waals surface area contributed by atoms with Crippen LogP contribution < -0.4 is 4.90 Å². The van der Waals surface area contributed by atoms with Crippen molar-refractivity contribution in [1.29, 1.82) is 0 Å². The van der Waals surface area contributed by atoms with Gasteiger partial charge in [0, 0.05) is 64.7 Å². The van der Waals surface area contributed by atoms with Crippen LogP contribution in [0.25, 0.3) is 97.4 Å². The number of fused-ring (bicyclic) bond motifs is 10. The zero-order valence-corrected chi connectivity index (χ0v) is 35.7. The fourth-order valence-corrected chi connectivity index (χ4v) is 11.4. The third kappa shape index (κ3) is 5.87. The average Bonchev–Trinajstić information content (AvgIpc) is 4.05. The predicted molar refractivity (Wildman–Crippen MR) is 272 cm³/mol. The van der Waals surface area contributed by atoms with E-state index in [1.54, 1.807) is 0 Å². The van der Waals surface area contributed by atoms with Crippen LogP contribution in [0.15, 0.2) is 229 Å². The van der Waals surface area contributed by atoms with Crippen LogP contribution in [0.1, 0.15) is 18.4 Å². The molecule has 0 spiro atoms. The van der Waals surface area contributed by atoms with Gasteiger partial charge in [-0.15, -0.1) is 11.3 Å². The second-order valence-corrected chi connectivity index (χ2v) is 17.8. The number of benzene rings is 9. The van der Waals surface area contributed by atoms with E-state index in [-0.39, 0.29) is 0 Å². The van der Waals surface area contributed by atoms with Crippen molar-refractivity contribution in [1.82, 2.24) is 4.57 Å². The number of hydrogen-bond donors (Lipinski definition) is 0. The lowest BCUT2D eigenvalue weighted by Gasteiger charge is -2.30. The molecule has 0 saturated heterocycles. The van der Waals surface area contributed by atoms with Crippen molar-refractivity contribution in [3.63, 3.8) is 0 Å². The highest BCUT2D eigenvalue weighted by Gasteiger charge is 2.23. The van der Waals surface area contributed by atoms with Crippen molar-refractivity contribution in [3.05, 3.63) is 230 Å². The first-order chi connectivity index (χ1) is 31.7. The molecule has 3 nitrogen and oxygen atoms in total. The summed E-state index contributed by atoms with van der Waals surface area (Å²) in [7, 11) is 0. The normalized spacial score (nSPS) is 13.1. The Kier molecular flexibility index (Phi) is 8.53. The van der Waals surface area contributed by atoms with Crippen molar-refractivity contribution in [2.45, 2.75) is 12.8 Å². The number of aromatic nitrogens is 1. The number of furan rings is 1. The van der Waals surface area contributed by atoms with Gasteiger partial charge >= 0.3 is 0 Å². The van der Waals surface area contributed by atoms with Gasteiger partial charge in [0.15, 0.2) is 0 Å². The first-order valence-corrected chi connectivity index (χ1v) is 22.9. The van der Waals surface area contributed by atoms with Crippen LogP contribution in [0.3, 0.4) is 0 Å². The summed E-state index contributed by atoms with van der Waals surface area (Å²) in [5, 5.41) is 7.26. The summed E-state index contributed by atoms with van der Waals surface area (Å²) in [6.45, 7) is 0. The smallest absolute Gasteiger partial charge is 0.145 e. The second kappa shape index (κ2) is 14.9. The summed E-state index contributed by atoms with van der Waals surface area (Å²) in [6.07, 6.45) is 6.58. The maximum atomic E-state index is 7.05. The number of hydrogen-bond acceptors (Lipinski definition) is 3. The van der Waals surface area contributed by atoms with Gasteiger partial charge in [0.25, 0.3) is 0 Å². The Labute approximate surface area is 374 Å². The van der Waals surface area contributed by atoms with Crippen LogP contribution in [0.5, 0.6) is 0 Å². The molecule has 1 aliphatic carbocycles. The molecule has 0 N–H and O–H groups in total. The van der Waals surface area contributed by atoms with E-state index in [4.69, 9.17) is 4.42 Å². The van der Waals surface area contributed by atoms with Gasteiger partial charge in [0.2, 0.25) is 0 Å². The molecule has 1 aliphatic rings. The lowest BCUT2D eigenvalue weighted by Crippen LogP contribution is -2.17. The standard InChI is InChI=1S/C60H40N2OS/c1-3-13-39(14-4-1)40-25-31-44(32-26-40)61(46-35-29-42(30-36-46)48-20-12-22-52-49-17-8-10-24-56(49)64-60(48)52)45-33-27-41(28-34-45)47-19-11-21-50-51-37-38-55-57(59(51)63-58(47)50)53-18-7-9-23-54(53)62(55)43-15-5-2-6-16-43/h1-29,31-35,37-38H,30,36H2. The van der Waals surface area contributed by atoms with E-state index in [2.05, 4.69) is 228 Å². The summed E-state index contributed by atoms with van der Waals surface area (Å²) < 4.78 is 12.1. The van der Waals surface area contributed by atoms with Crippen molar-refractivity contribution >= 4 is 92.2 Å². The Morgan fingerprint density at radius 1 is 0.422 bits per heavy atom. The monoisotopic (exact) mass is 836 g/mol. The molecule has 13 rings (SSSR count). The Morgan fingerprint density at radius 3 is 1.81 bits per heavy atom. The SMILES string of the molecule is C1=C(c2cccc3c2sc2ccccc23)CCC(N(c2ccc(-c3ccccc3)cc2)c2ccc(-c3cccc4c3oc3c4ccc4c3c3ccccc3n4-c3ccccc3)cc2)=C1. The van der Waals surface area contributed by atoms with Crippen LogP contribution >= 0.6 is 11.3 Å². The average molecular weight is 837 g/mol. The van der Waals surface area contributed by atoms with Crippen molar-refractivity contribution in [3.8, 4) is 27.9 Å². The summed E-state index contributed by atoms with van der Waals surface area (Å²) in [4.78, 5) is 2.44. The van der Waals surface area contributed by atoms with Gasteiger partial charge in [-0.3, -0.25) is 0 Å². The first kappa shape index (κ1) is 36.7. The number of thiophene rings is 1. The number of allylic oxidation sites excluding steroid dienone is 4. The molecule has 0 fully saturated rings. The van der Waals surface area contributed by atoms with Gasteiger partial charge in [-0.25, -0.2) is 0 Å². The third-order valence-electron chi connectivity index (χ3n) is 13.1. The first-order valence-electron chi connectivity index (χ1n) is 22.0. The molecule has 0 unspecified atom stereocenters. The molecule has 64 heavy (non-hydrogen) atoms. The van der Waals surface area contributed by atoms with Gasteiger partial charge in [0.1, 0.15) is 11.2 Å². The fourth-order valence-electron chi connectivity index (χ4n) is 10.1. The molecule has 0 amide bonds. The van der Waals surface area contributed by atoms with Gasteiger partial charge in [-0.2, -0.15) is 0 Å². The van der Waals surface area contributed by atoms with E-state index < -0.39 is 0 Å². The van der Waals surface area contributed by atoms with E-state index in [9.17, 15) is 0 Å². The Hall–Kier alpha value is -7.92. The minimum absolute atomic E-state index is 0.906. The summed E-state index contributed by atoms with van der Waals surface area (Å²) in [5.41, 5.74) is 16.2. The lowest BCUT2D eigenvalue weighted by molar-refractivity contribution is 0.674. The minimum atomic E-state index is 0.906. The van der Waals surface area contributed by atoms with Crippen molar-refractivity contribution in [2.24, 2.45) is 0 Å². The maximum Gasteiger partial charge on any atom is 0.145 e. The molecule has 302 valence electrons. The van der Waals surface area contributed by atoms with Gasteiger partial charge in [-0.1, -0.05) is 152 Å². The minimum Gasteiger partial charge on any atom is -0.455 e. The molecule has 3 heterocycles. The molecule has 12 aromatic rings. The molecular weight excluding hydrogens is 797 g/mol. The van der Waals surface area contributed by atoms with E-state index in [1.165, 1.54) is 59.0 Å². The third-order valence-corrected chi connectivity index (χ3v) is 14.4. The maximum absolute atomic E-state index is 7.05. The second-order valence-electron chi connectivity index (χ2n) is 16.7. The van der Waals surface area contributed by atoms with E-state index in [1.807, 2.05) is 11.3 Å². The highest BCUT2D eigenvalue weighted by atomic mass is 32.1. The van der Waals surface area contributed by atoms with Crippen LogP contribution in [-0.2, 0) is 0 Å². The van der Waals surface area contributed by atoms with Crippen LogP contribution in [0.4, 0.5) is 11.4 Å². The van der Waals surface area contributed by atoms with Crippen molar-refractivity contribution in [2.75, 3.05) is 4.90 Å². The Bertz CT molecular complexity index is 3810. The van der Waals surface area contributed by atoms with Gasteiger partial charge in [0.05, 0.1) is 16.4 Å². The summed E-state index contributed by atoms with van der Waals surface area (Å²) in [6, 6.07) is 74.6. The number of para-hydroxylation sites is 3. The zero-order valence-electron chi connectivity index (χ0n) is 34.9. The molecule has 0 radical (unpaired) electrons. The quantitative estimate of drug-likeness (QED) is 0.159. The van der Waals surface area contributed by atoms with E-state index in [0.29, 0.717) is 0 Å². The number of nitrogens with zero attached hydrogens (tertiary/aromatic N) is 2. The Balaban J connectivity index is 0.909. The largest absolute Gasteiger partial charge is 0.455 e. The number of rotatable bonds is 7. The van der Waals surface area contributed by atoms with Crippen LogP contribution in [0.2, 0.25) is 0 Å². The zero-order chi connectivity index (χ0) is 42.1. The molecular formula is C60H40N2OS. The van der Waals surface area contributed by atoms with Crippen LogP contribution in [-0.4, -0.2) is 4.57 Å². The molecule has 0 bridgehead atoms. The summed E-state index contributed by atoms with van der Waals surface area (Å²) in [5.74, 6) is 0. The molecule has 0 saturated carbocycles. The molecule has 9 aromatic carbocycles. The highest BCUT2D eigenvalue weighted by Crippen LogP contribution is 2.45. The van der Waals surface area contributed by atoms with E-state index in [0.717, 1.165) is 73.9 Å². The highest BCUT2D eigenvalue weighted by molar-refractivity contribution is 7.26. The van der Waals surface area contributed by atoms with Gasteiger partial charge in [-0.05, 0) is 107 Å². The molecule has 3 aromatic heterocycles. The van der Waals surface area contributed by atoms with E-state index >= 15 is 0 Å². The lowest BCUT2D eigenvalue weighted by atomic mass is 9.93. The van der Waals surface area contributed by atoms with Gasteiger partial charge < -0.3 is 13.9 Å².